The smallest absolute Gasteiger partial charge is 0.255 e. The number of nitrogens with two attached hydrogens (primary N) is 1. The Hall–Kier alpha value is -1.66. The lowest BCUT2D eigenvalue weighted by Gasteiger charge is -2.12. The van der Waals surface area contributed by atoms with Crippen LogP contribution in [0.25, 0.3) is 0 Å². The van der Waals surface area contributed by atoms with Crippen LogP contribution in [0.4, 0.5) is 5.69 Å². The van der Waals surface area contributed by atoms with Crippen molar-refractivity contribution in [3.63, 3.8) is 0 Å². The fourth-order valence-corrected chi connectivity index (χ4v) is 1.28. The molecule has 1 rings (SSSR count). The number of aryl methyl sites for hydroxylation is 1. The minimum atomic E-state index is -0.227. The van der Waals surface area contributed by atoms with Crippen molar-refractivity contribution < 1.29 is 9.53 Å². The summed E-state index contributed by atoms with van der Waals surface area (Å²) in [6.07, 6.45) is 1.46. The third-order valence-corrected chi connectivity index (χ3v) is 2.39. The molecular weight excluding hydrogens is 220 g/mol. The van der Waals surface area contributed by atoms with Gasteiger partial charge in [-0.2, -0.15) is 0 Å². The summed E-state index contributed by atoms with van der Waals surface area (Å²) in [7, 11) is 1.59. The molecule has 0 saturated carbocycles. The molecule has 0 aliphatic rings. The molecule has 6 heteroatoms. The van der Waals surface area contributed by atoms with Crippen molar-refractivity contribution in [2.45, 2.75) is 20.0 Å². The Balaban J connectivity index is 2.75. The molecule has 0 aliphatic heterocycles. The van der Waals surface area contributed by atoms with Crippen LogP contribution < -0.4 is 16.6 Å². The first-order valence-electron chi connectivity index (χ1n) is 5.32. The van der Waals surface area contributed by atoms with Crippen molar-refractivity contribution in [2.75, 3.05) is 19.1 Å². The number of hydrazine groups is 1. The van der Waals surface area contributed by atoms with Gasteiger partial charge in [-0.15, -0.1) is 0 Å². The van der Waals surface area contributed by atoms with Crippen LogP contribution >= 0.6 is 0 Å². The fraction of sp³-hybridized carbons (Fsp3) is 0.455. The van der Waals surface area contributed by atoms with Crippen molar-refractivity contribution in [3.8, 4) is 0 Å². The van der Waals surface area contributed by atoms with Crippen LogP contribution in [0.5, 0.6) is 0 Å². The van der Waals surface area contributed by atoms with E-state index in [0.29, 0.717) is 17.8 Å². The number of carbonyl (C=O) groups is 1. The quantitative estimate of drug-likeness (QED) is 0.511. The van der Waals surface area contributed by atoms with Gasteiger partial charge >= 0.3 is 0 Å². The normalized spacial score (nSPS) is 12.0. The molecule has 0 bridgehead atoms. The van der Waals surface area contributed by atoms with E-state index >= 15 is 0 Å². The van der Waals surface area contributed by atoms with Gasteiger partial charge in [-0.1, -0.05) is 0 Å². The van der Waals surface area contributed by atoms with E-state index in [1.807, 2.05) is 13.8 Å². The number of rotatable bonds is 5. The molecule has 94 valence electrons. The van der Waals surface area contributed by atoms with Gasteiger partial charge in [0.2, 0.25) is 0 Å². The second kappa shape index (κ2) is 6.17. The van der Waals surface area contributed by atoms with Crippen molar-refractivity contribution in [1.82, 2.24) is 10.3 Å². The molecule has 4 N–H and O–H groups in total. The molecule has 0 aromatic carbocycles. The third kappa shape index (κ3) is 3.69. The minimum absolute atomic E-state index is 0.0355. The van der Waals surface area contributed by atoms with Gasteiger partial charge in [0.25, 0.3) is 5.91 Å². The highest BCUT2D eigenvalue weighted by molar-refractivity contribution is 5.99. The van der Waals surface area contributed by atoms with E-state index in [4.69, 9.17) is 10.6 Å². The summed E-state index contributed by atoms with van der Waals surface area (Å²) in [5.74, 6) is 5.13. The number of nitrogens with one attached hydrogen (secondary N) is 2. The summed E-state index contributed by atoms with van der Waals surface area (Å²) in [6, 6.07) is 1.72. The molecule has 6 nitrogen and oxygen atoms in total. The second-order valence-corrected chi connectivity index (χ2v) is 3.77. The van der Waals surface area contributed by atoms with E-state index in [2.05, 4.69) is 15.7 Å². The van der Waals surface area contributed by atoms with Crippen molar-refractivity contribution in [2.24, 2.45) is 5.84 Å². The number of methoxy groups -OCH3 is 1. The average Bonchev–Trinajstić information content (AvgIpc) is 2.35. The molecular formula is C11H18N4O2. The Kier molecular flexibility index (Phi) is 4.86. The highest BCUT2D eigenvalue weighted by Gasteiger charge is 2.12. The second-order valence-electron chi connectivity index (χ2n) is 3.77. The molecule has 1 amide bonds. The first-order chi connectivity index (χ1) is 8.08. The van der Waals surface area contributed by atoms with Crippen LogP contribution in [0.2, 0.25) is 0 Å². The lowest BCUT2D eigenvalue weighted by molar-refractivity contribution is 0.0871. The van der Waals surface area contributed by atoms with Gasteiger partial charge in [-0.3, -0.25) is 15.6 Å². The largest absolute Gasteiger partial charge is 0.380 e. The number of carbonyl (C=O) groups excluding carboxylic acids is 1. The van der Waals surface area contributed by atoms with Crippen LogP contribution in [0.15, 0.2) is 12.3 Å². The standard InChI is InChI=1S/C11H18N4O2/c1-7-4-10(15-12)9(6-13-7)11(16)14-5-8(2)17-3/h4,6,8H,5,12H2,1-3H3,(H,13,15)(H,14,16). The van der Waals surface area contributed by atoms with E-state index < -0.39 is 0 Å². The predicted octanol–water partition coefficient (Wildman–Crippen LogP) is 0.440. The molecule has 17 heavy (non-hydrogen) atoms. The van der Waals surface area contributed by atoms with Gasteiger partial charge < -0.3 is 15.5 Å². The number of anilines is 1. The molecule has 1 aromatic rings. The Labute approximate surface area is 101 Å². The number of amides is 1. The maximum atomic E-state index is 11.9. The highest BCUT2D eigenvalue weighted by atomic mass is 16.5. The number of nitrogen functional groups attached to an aromatic ring is 1. The summed E-state index contributed by atoms with van der Waals surface area (Å²) in [5, 5.41) is 2.74. The molecule has 0 aliphatic carbocycles. The molecule has 1 unspecified atom stereocenters. The summed E-state index contributed by atoms with van der Waals surface area (Å²) in [4.78, 5) is 15.9. The Bertz CT molecular complexity index is 395. The zero-order valence-corrected chi connectivity index (χ0v) is 10.3. The SMILES string of the molecule is COC(C)CNC(=O)c1cnc(C)cc1NN. The van der Waals surface area contributed by atoms with Crippen LogP contribution in [-0.4, -0.2) is 30.6 Å². The molecule has 0 saturated heterocycles. The van der Waals surface area contributed by atoms with Gasteiger partial charge in [0.05, 0.1) is 17.4 Å². The van der Waals surface area contributed by atoms with Crippen LogP contribution in [0.3, 0.4) is 0 Å². The molecule has 1 aromatic heterocycles. The Morgan fingerprint density at radius 2 is 2.35 bits per heavy atom. The number of aromatic nitrogens is 1. The number of ether oxygens (including phenoxy) is 1. The maximum Gasteiger partial charge on any atom is 0.255 e. The van der Waals surface area contributed by atoms with Crippen molar-refractivity contribution in [1.29, 1.82) is 0 Å². The Morgan fingerprint density at radius 3 is 2.94 bits per heavy atom. The molecule has 1 atom stereocenters. The summed E-state index contributed by atoms with van der Waals surface area (Å²) in [6.45, 7) is 4.14. The van der Waals surface area contributed by atoms with E-state index in [-0.39, 0.29) is 12.0 Å². The summed E-state index contributed by atoms with van der Waals surface area (Å²) >= 11 is 0. The Morgan fingerprint density at radius 1 is 1.65 bits per heavy atom. The number of nitrogens with zero attached hydrogens (tertiary/aromatic N) is 1. The number of pyridine rings is 1. The lowest BCUT2D eigenvalue weighted by Crippen LogP contribution is -2.32. The highest BCUT2D eigenvalue weighted by Crippen LogP contribution is 2.13. The zero-order valence-electron chi connectivity index (χ0n) is 10.3. The molecule has 0 radical (unpaired) electrons. The monoisotopic (exact) mass is 238 g/mol. The number of hydrogen-bond donors (Lipinski definition) is 3. The first-order valence-corrected chi connectivity index (χ1v) is 5.32. The molecule has 1 heterocycles. The van der Waals surface area contributed by atoms with Crippen LogP contribution in [-0.2, 0) is 4.74 Å². The van der Waals surface area contributed by atoms with Gasteiger partial charge in [0.15, 0.2) is 0 Å². The third-order valence-electron chi connectivity index (χ3n) is 2.39. The van der Waals surface area contributed by atoms with Crippen LogP contribution in [0.1, 0.15) is 23.0 Å². The van der Waals surface area contributed by atoms with E-state index in [1.54, 1.807) is 13.2 Å². The van der Waals surface area contributed by atoms with Crippen molar-refractivity contribution in [3.05, 3.63) is 23.5 Å². The maximum absolute atomic E-state index is 11.9. The van der Waals surface area contributed by atoms with Gasteiger partial charge in [-0.05, 0) is 19.9 Å². The van der Waals surface area contributed by atoms with Gasteiger partial charge in [0.1, 0.15) is 0 Å². The molecule has 0 spiro atoms. The number of hydrogen-bond acceptors (Lipinski definition) is 5. The average molecular weight is 238 g/mol. The zero-order chi connectivity index (χ0) is 12.8. The minimum Gasteiger partial charge on any atom is -0.380 e. The topological polar surface area (TPSA) is 89.3 Å². The fourth-order valence-electron chi connectivity index (χ4n) is 1.28. The van der Waals surface area contributed by atoms with Crippen LogP contribution in [0, 0.1) is 6.92 Å². The van der Waals surface area contributed by atoms with E-state index in [9.17, 15) is 4.79 Å². The van der Waals surface area contributed by atoms with Gasteiger partial charge in [-0.25, -0.2) is 0 Å². The molecule has 0 fully saturated rings. The summed E-state index contributed by atoms with van der Waals surface area (Å²) in [5.41, 5.74) is 4.25. The predicted molar refractivity (Wildman–Crippen MR) is 65.6 cm³/mol. The van der Waals surface area contributed by atoms with Gasteiger partial charge in [0, 0.05) is 25.5 Å². The van der Waals surface area contributed by atoms with E-state index in [1.165, 1.54) is 6.20 Å². The first kappa shape index (κ1) is 13.4. The van der Waals surface area contributed by atoms with E-state index in [0.717, 1.165) is 5.69 Å². The summed E-state index contributed by atoms with van der Waals surface area (Å²) < 4.78 is 5.04. The van der Waals surface area contributed by atoms with Crippen molar-refractivity contribution >= 4 is 11.6 Å². The lowest BCUT2D eigenvalue weighted by atomic mass is 10.2.